The summed E-state index contributed by atoms with van der Waals surface area (Å²) < 4.78 is 25.2. The average molecular weight is 336 g/mol. The maximum atomic E-state index is 13.6. The van der Waals surface area contributed by atoms with E-state index in [0.717, 1.165) is 29.6 Å². The predicted octanol–water partition coefficient (Wildman–Crippen LogP) is 2.05. The van der Waals surface area contributed by atoms with Gasteiger partial charge in [-0.15, -0.1) is 10.2 Å². The number of hydrogen-bond acceptors (Lipinski definition) is 7. The molecule has 0 unspecified atom stereocenters. The van der Waals surface area contributed by atoms with Crippen molar-refractivity contribution in [3.05, 3.63) is 29.2 Å². The summed E-state index contributed by atoms with van der Waals surface area (Å²) in [5, 5.41) is 10.1. The van der Waals surface area contributed by atoms with Crippen LogP contribution in [-0.4, -0.2) is 47.1 Å². The third kappa shape index (κ3) is 2.66. The fourth-order valence-corrected chi connectivity index (χ4v) is 3.86. The first kappa shape index (κ1) is 14.8. The summed E-state index contributed by atoms with van der Waals surface area (Å²) >= 11 is 1.58. The SMILES string of the molecule is Cc1nnc(N2CC3(C2)OCC[C@H]3COc2ncccc2F)s1. The highest BCUT2D eigenvalue weighted by Gasteiger charge is 2.54. The van der Waals surface area contributed by atoms with Crippen molar-refractivity contribution in [1.29, 1.82) is 0 Å². The molecule has 4 rings (SSSR count). The standard InChI is InChI=1S/C15H17FN4O2S/c1-10-18-19-14(23-10)20-8-15(9-20)11(4-6-22-15)7-21-13-12(16)3-2-5-17-13/h2-3,5,11H,4,6-9H2,1H3/t11-/m0/s1. The monoisotopic (exact) mass is 336 g/mol. The number of hydrogen-bond donors (Lipinski definition) is 0. The summed E-state index contributed by atoms with van der Waals surface area (Å²) in [6.45, 7) is 4.63. The van der Waals surface area contributed by atoms with Crippen LogP contribution in [0.2, 0.25) is 0 Å². The van der Waals surface area contributed by atoms with Crippen molar-refractivity contribution in [2.75, 3.05) is 31.2 Å². The summed E-state index contributed by atoms with van der Waals surface area (Å²) in [5.74, 6) is -0.139. The molecule has 4 heterocycles. The van der Waals surface area contributed by atoms with Crippen LogP contribution in [-0.2, 0) is 4.74 Å². The quantitative estimate of drug-likeness (QED) is 0.852. The topological polar surface area (TPSA) is 60.4 Å². The first-order valence-electron chi connectivity index (χ1n) is 7.59. The minimum atomic E-state index is -0.431. The number of halogens is 1. The molecule has 0 aromatic carbocycles. The van der Waals surface area contributed by atoms with Crippen LogP contribution in [0, 0.1) is 18.7 Å². The fourth-order valence-electron chi connectivity index (χ4n) is 3.18. The van der Waals surface area contributed by atoms with Gasteiger partial charge in [0.2, 0.25) is 11.0 Å². The second-order valence-electron chi connectivity index (χ2n) is 5.96. The van der Waals surface area contributed by atoms with Crippen molar-refractivity contribution in [2.24, 2.45) is 5.92 Å². The van der Waals surface area contributed by atoms with Gasteiger partial charge in [0.05, 0.1) is 19.7 Å². The summed E-state index contributed by atoms with van der Waals surface area (Å²) in [6.07, 6.45) is 2.44. The maximum absolute atomic E-state index is 13.6. The smallest absolute Gasteiger partial charge is 0.250 e. The fraction of sp³-hybridized carbons (Fsp3) is 0.533. The van der Waals surface area contributed by atoms with E-state index in [9.17, 15) is 4.39 Å². The molecule has 0 radical (unpaired) electrons. The van der Waals surface area contributed by atoms with Gasteiger partial charge in [0.1, 0.15) is 10.6 Å². The van der Waals surface area contributed by atoms with E-state index in [1.807, 2.05) is 6.92 Å². The molecule has 1 spiro atoms. The molecular formula is C15H17FN4O2S. The molecule has 0 N–H and O–H groups in total. The second-order valence-corrected chi connectivity index (χ2v) is 7.12. The molecule has 0 bridgehead atoms. The van der Waals surface area contributed by atoms with E-state index < -0.39 is 5.82 Å². The van der Waals surface area contributed by atoms with Crippen LogP contribution in [0.4, 0.5) is 9.52 Å². The van der Waals surface area contributed by atoms with Crippen LogP contribution >= 0.6 is 11.3 Å². The number of aromatic nitrogens is 3. The summed E-state index contributed by atoms with van der Waals surface area (Å²) in [5.41, 5.74) is -0.217. The third-order valence-corrected chi connectivity index (χ3v) is 5.35. The minimum absolute atomic E-state index is 0.0606. The van der Waals surface area contributed by atoms with Crippen LogP contribution in [0.5, 0.6) is 5.88 Å². The molecule has 23 heavy (non-hydrogen) atoms. The van der Waals surface area contributed by atoms with Crippen molar-refractivity contribution in [3.63, 3.8) is 0 Å². The van der Waals surface area contributed by atoms with Gasteiger partial charge in [-0.25, -0.2) is 9.37 Å². The van der Waals surface area contributed by atoms with E-state index >= 15 is 0 Å². The van der Waals surface area contributed by atoms with Crippen molar-refractivity contribution in [2.45, 2.75) is 18.9 Å². The van der Waals surface area contributed by atoms with Gasteiger partial charge in [-0.3, -0.25) is 0 Å². The Hall–Kier alpha value is -1.80. The molecule has 2 fully saturated rings. The lowest BCUT2D eigenvalue weighted by molar-refractivity contribution is -0.0528. The number of anilines is 1. The molecule has 2 saturated heterocycles. The molecule has 2 aromatic rings. The van der Waals surface area contributed by atoms with Gasteiger partial charge in [0.25, 0.3) is 0 Å². The normalized spacial score (nSPS) is 22.3. The number of nitrogens with zero attached hydrogens (tertiary/aromatic N) is 4. The van der Waals surface area contributed by atoms with Crippen molar-refractivity contribution in [3.8, 4) is 5.88 Å². The molecule has 8 heteroatoms. The average Bonchev–Trinajstić information content (AvgIpc) is 3.11. The van der Waals surface area contributed by atoms with Crippen molar-refractivity contribution < 1.29 is 13.9 Å². The first-order chi connectivity index (χ1) is 11.2. The Morgan fingerprint density at radius 3 is 3.09 bits per heavy atom. The Balaban J connectivity index is 1.39. The highest BCUT2D eigenvalue weighted by atomic mass is 32.1. The Morgan fingerprint density at radius 1 is 1.48 bits per heavy atom. The zero-order chi connectivity index (χ0) is 15.9. The van der Waals surface area contributed by atoms with Gasteiger partial charge in [0, 0.05) is 18.7 Å². The maximum Gasteiger partial charge on any atom is 0.250 e. The second kappa shape index (κ2) is 5.68. The molecule has 2 aliphatic rings. The number of pyridine rings is 1. The van der Waals surface area contributed by atoms with Gasteiger partial charge in [-0.05, 0) is 25.5 Å². The molecule has 2 aromatic heterocycles. The molecule has 0 amide bonds. The van der Waals surface area contributed by atoms with Gasteiger partial charge in [-0.1, -0.05) is 11.3 Å². The van der Waals surface area contributed by atoms with Crippen LogP contribution < -0.4 is 9.64 Å². The lowest BCUT2D eigenvalue weighted by atomic mass is 9.81. The molecule has 6 nitrogen and oxygen atoms in total. The van der Waals surface area contributed by atoms with Crippen LogP contribution in [0.1, 0.15) is 11.4 Å². The number of ether oxygens (including phenoxy) is 2. The number of aryl methyl sites for hydroxylation is 1. The van der Waals surface area contributed by atoms with E-state index in [-0.39, 0.29) is 17.4 Å². The zero-order valence-corrected chi connectivity index (χ0v) is 13.6. The summed E-state index contributed by atoms with van der Waals surface area (Å²) in [4.78, 5) is 6.10. The van der Waals surface area contributed by atoms with Gasteiger partial charge >= 0.3 is 0 Å². The van der Waals surface area contributed by atoms with Crippen molar-refractivity contribution >= 4 is 16.5 Å². The Morgan fingerprint density at radius 2 is 2.35 bits per heavy atom. The van der Waals surface area contributed by atoms with E-state index in [1.54, 1.807) is 17.4 Å². The van der Waals surface area contributed by atoms with Gasteiger partial charge < -0.3 is 14.4 Å². The Kier molecular flexibility index (Phi) is 3.65. The van der Waals surface area contributed by atoms with Gasteiger partial charge in [0.15, 0.2) is 5.82 Å². The van der Waals surface area contributed by atoms with Crippen molar-refractivity contribution in [1.82, 2.24) is 15.2 Å². The highest BCUT2D eigenvalue weighted by Crippen LogP contribution is 2.42. The largest absolute Gasteiger partial charge is 0.475 e. The molecular weight excluding hydrogens is 319 g/mol. The van der Waals surface area contributed by atoms with Crippen LogP contribution in [0.15, 0.2) is 18.3 Å². The summed E-state index contributed by atoms with van der Waals surface area (Å²) in [6, 6.07) is 2.91. The van der Waals surface area contributed by atoms with Crippen LogP contribution in [0.25, 0.3) is 0 Å². The predicted molar refractivity (Wildman–Crippen MR) is 83.3 cm³/mol. The van der Waals surface area contributed by atoms with Crippen LogP contribution in [0.3, 0.4) is 0 Å². The first-order valence-corrected chi connectivity index (χ1v) is 8.40. The molecule has 0 saturated carbocycles. The van der Waals surface area contributed by atoms with E-state index in [0.29, 0.717) is 13.2 Å². The lowest BCUT2D eigenvalue weighted by Gasteiger charge is -2.49. The Labute approximate surface area is 137 Å². The van der Waals surface area contributed by atoms with E-state index in [2.05, 4.69) is 20.1 Å². The zero-order valence-electron chi connectivity index (χ0n) is 12.7. The van der Waals surface area contributed by atoms with Gasteiger partial charge in [-0.2, -0.15) is 0 Å². The summed E-state index contributed by atoms with van der Waals surface area (Å²) in [7, 11) is 0. The number of rotatable bonds is 4. The van der Waals surface area contributed by atoms with E-state index in [4.69, 9.17) is 9.47 Å². The highest BCUT2D eigenvalue weighted by molar-refractivity contribution is 7.15. The molecule has 122 valence electrons. The minimum Gasteiger partial charge on any atom is -0.475 e. The third-order valence-electron chi connectivity index (χ3n) is 4.45. The molecule has 0 aliphatic carbocycles. The molecule has 1 atom stereocenters. The Bertz CT molecular complexity index is 704. The lowest BCUT2D eigenvalue weighted by Crippen LogP contribution is -2.65. The van der Waals surface area contributed by atoms with E-state index in [1.165, 1.54) is 12.3 Å². The molecule has 2 aliphatic heterocycles.